The number of hydrogen-bond donors (Lipinski definition) is 1. The van der Waals surface area contributed by atoms with Crippen molar-refractivity contribution in [2.24, 2.45) is 5.92 Å². The summed E-state index contributed by atoms with van der Waals surface area (Å²) in [6.07, 6.45) is 14.0. The Balaban J connectivity index is 1.50. The van der Waals surface area contributed by atoms with E-state index >= 15 is 0 Å². The van der Waals surface area contributed by atoms with E-state index < -0.39 is 0 Å². The van der Waals surface area contributed by atoms with Crippen LogP contribution in [0, 0.1) is 5.92 Å². The highest BCUT2D eigenvalue weighted by Crippen LogP contribution is 2.32. The Morgan fingerprint density at radius 1 is 1.00 bits per heavy atom. The molecule has 2 unspecified atom stereocenters. The molecule has 3 aliphatic rings. The van der Waals surface area contributed by atoms with Crippen LogP contribution in [0.1, 0.15) is 70.6 Å². The molecule has 3 heteroatoms. The lowest BCUT2D eigenvalue weighted by atomic mass is 9.84. The molecule has 0 radical (unpaired) electrons. The third-order valence-electron chi connectivity index (χ3n) is 5.61. The molecule has 1 amide bonds. The molecule has 20 heavy (non-hydrogen) atoms. The first-order valence-corrected chi connectivity index (χ1v) is 8.86. The van der Waals surface area contributed by atoms with E-state index in [-0.39, 0.29) is 0 Å². The molecule has 2 atom stereocenters. The van der Waals surface area contributed by atoms with Gasteiger partial charge in [0.15, 0.2) is 0 Å². The molecule has 1 N–H and O–H groups in total. The second kappa shape index (κ2) is 6.93. The van der Waals surface area contributed by atoms with Crippen molar-refractivity contribution >= 4 is 5.91 Å². The second-order valence-corrected chi connectivity index (χ2v) is 7.12. The zero-order valence-electron chi connectivity index (χ0n) is 12.8. The summed E-state index contributed by atoms with van der Waals surface area (Å²) >= 11 is 0. The van der Waals surface area contributed by atoms with Gasteiger partial charge < -0.3 is 10.2 Å². The second-order valence-electron chi connectivity index (χ2n) is 7.12. The first-order chi connectivity index (χ1) is 9.83. The Kier molecular flexibility index (Phi) is 4.98. The summed E-state index contributed by atoms with van der Waals surface area (Å²) in [4.78, 5) is 14.8. The van der Waals surface area contributed by atoms with E-state index in [0.717, 1.165) is 25.4 Å². The van der Waals surface area contributed by atoms with Gasteiger partial charge in [0.2, 0.25) is 5.91 Å². The van der Waals surface area contributed by atoms with Crippen molar-refractivity contribution in [3.05, 3.63) is 0 Å². The molecule has 0 bridgehead atoms. The lowest BCUT2D eigenvalue weighted by Crippen LogP contribution is -2.40. The molecule has 0 aromatic heterocycles. The third-order valence-corrected chi connectivity index (χ3v) is 5.61. The van der Waals surface area contributed by atoms with Gasteiger partial charge in [-0.2, -0.15) is 0 Å². The monoisotopic (exact) mass is 278 g/mol. The number of nitrogens with zero attached hydrogens (tertiary/aromatic N) is 1. The molecule has 0 aromatic rings. The van der Waals surface area contributed by atoms with Crippen molar-refractivity contribution in [3.8, 4) is 0 Å². The molecular weight excluding hydrogens is 248 g/mol. The summed E-state index contributed by atoms with van der Waals surface area (Å²) in [6, 6.07) is 1.02. The SMILES string of the molecule is O=C(CC1CCCN1)N1CCCC1CC1CCCCC1. The van der Waals surface area contributed by atoms with Crippen LogP contribution in [0.2, 0.25) is 0 Å². The molecular formula is C17H30N2O. The van der Waals surface area contributed by atoms with Crippen LogP contribution in [0.5, 0.6) is 0 Å². The maximum absolute atomic E-state index is 12.5. The van der Waals surface area contributed by atoms with E-state index in [1.807, 2.05) is 0 Å². The van der Waals surface area contributed by atoms with Crippen LogP contribution < -0.4 is 5.32 Å². The fraction of sp³-hybridized carbons (Fsp3) is 0.941. The lowest BCUT2D eigenvalue weighted by Gasteiger charge is -2.30. The Morgan fingerprint density at radius 2 is 1.85 bits per heavy atom. The minimum absolute atomic E-state index is 0.419. The largest absolute Gasteiger partial charge is 0.340 e. The predicted octanol–water partition coefficient (Wildman–Crippen LogP) is 3.09. The van der Waals surface area contributed by atoms with E-state index in [1.54, 1.807) is 0 Å². The number of rotatable bonds is 4. The smallest absolute Gasteiger partial charge is 0.224 e. The summed E-state index contributed by atoms with van der Waals surface area (Å²) in [5, 5.41) is 3.46. The molecule has 2 heterocycles. The zero-order valence-corrected chi connectivity index (χ0v) is 12.8. The van der Waals surface area contributed by atoms with E-state index in [4.69, 9.17) is 0 Å². The van der Waals surface area contributed by atoms with Crippen LogP contribution in [-0.4, -0.2) is 36.0 Å². The Bertz CT molecular complexity index is 319. The standard InChI is InChI=1S/C17H30N2O/c20-17(13-15-8-4-10-18-15)19-11-5-9-16(19)12-14-6-2-1-3-7-14/h14-16,18H,1-13H2. The zero-order chi connectivity index (χ0) is 13.8. The van der Waals surface area contributed by atoms with Crippen molar-refractivity contribution < 1.29 is 4.79 Å². The highest BCUT2D eigenvalue weighted by Gasteiger charge is 2.32. The van der Waals surface area contributed by atoms with Gasteiger partial charge in [-0.15, -0.1) is 0 Å². The molecule has 2 saturated heterocycles. The minimum Gasteiger partial charge on any atom is -0.340 e. The molecule has 1 saturated carbocycles. The summed E-state index contributed by atoms with van der Waals surface area (Å²) in [5.74, 6) is 1.31. The van der Waals surface area contributed by atoms with Crippen molar-refractivity contribution in [1.29, 1.82) is 0 Å². The molecule has 0 spiro atoms. The molecule has 114 valence electrons. The van der Waals surface area contributed by atoms with Gasteiger partial charge in [-0.05, 0) is 44.6 Å². The van der Waals surface area contributed by atoms with E-state index in [9.17, 15) is 4.79 Å². The molecule has 3 nitrogen and oxygen atoms in total. The van der Waals surface area contributed by atoms with Crippen LogP contribution >= 0.6 is 0 Å². The van der Waals surface area contributed by atoms with Crippen molar-refractivity contribution in [2.75, 3.05) is 13.1 Å². The fourth-order valence-corrected chi connectivity index (χ4v) is 4.48. The normalized spacial score (nSPS) is 31.9. The van der Waals surface area contributed by atoms with Crippen LogP contribution in [0.15, 0.2) is 0 Å². The van der Waals surface area contributed by atoms with Crippen LogP contribution in [0.25, 0.3) is 0 Å². The van der Waals surface area contributed by atoms with Crippen LogP contribution in [0.4, 0.5) is 0 Å². The fourth-order valence-electron chi connectivity index (χ4n) is 4.48. The summed E-state index contributed by atoms with van der Waals surface area (Å²) < 4.78 is 0. The summed E-state index contributed by atoms with van der Waals surface area (Å²) in [5.41, 5.74) is 0. The van der Waals surface area contributed by atoms with Gasteiger partial charge in [0.25, 0.3) is 0 Å². The van der Waals surface area contributed by atoms with Crippen LogP contribution in [0.3, 0.4) is 0 Å². The minimum atomic E-state index is 0.419. The van der Waals surface area contributed by atoms with E-state index in [2.05, 4.69) is 10.2 Å². The molecule has 0 aromatic carbocycles. The number of hydrogen-bond acceptors (Lipinski definition) is 2. The Hall–Kier alpha value is -0.570. The number of carbonyl (C=O) groups is 1. The highest BCUT2D eigenvalue weighted by atomic mass is 16.2. The predicted molar refractivity (Wildman–Crippen MR) is 81.6 cm³/mol. The summed E-state index contributed by atoms with van der Waals surface area (Å²) in [6.45, 7) is 2.12. The first kappa shape index (κ1) is 14.4. The quantitative estimate of drug-likeness (QED) is 0.857. The third kappa shape index (κ3) is 3.55. The van der Waals surface area contributed by atoms with E-state index in [1.165, 1.54) is 64.2 Å². The first-order valence-electron chi connectivity index (χ1n) is 8.86. The maximum atomic E-state index is 12.5. The average Bonchev–Trinajstić information content (AvgIpc) is 3.11. The van der Waals surface area contributed by atoms with Gasteiger partial charge in [0.05, 0.1) is 0 Å². The highest BCUT2D eigenvalue weighted by molar-refractivity contribution is 5.77. The van der Waals surface area contributed by atoms with Gasteiger partial charge in [0, 0.05) is 25.0 Å². The van der Waals surface area contributed by atoms with Gasteiger partial charge in [-0.1, -0.05) is 32.1 Å². The van der Waals surface area contributed by atoms with Crippen LogP contribution in [-0.2, 0) is 4.79 Å². The Labute approximate surface area is 123 Å². The molecule has 2 aliphatic heterocycles. The Morgan fingerprint density at radius 3 is 2.60 bits per heavy atom. The number of carbonyl (C=O) groups excluding carboxylic acids is 1. The van der Waals surface area contributed by atoms with E-state index in [0.29, 0.717) is 18.0 Å². The molecule has 1 aliphatic carbocycles. The van der Waals surface area contributed by atoms with Crippen molar-refractivity contribution in [1.82, 2.24) is 10.2 Å². The number of nitrogens with one attached hydrogen (secondary N) is 1. The van der Waals surface area contributed by atoms with Gasteiger partial charge >= 0.3 is 0 Å². The maximum Gasteiger partial charge on any atom is 0.224 e. The number of amides is 1. The lowest BCUT2D eigenvalue weighted by molar-refractivity contribution is -0.132. The van der Waals surface area contributed by atoms with Crippen molar-refractivity contribution in [3.63, 3.8) is 0 Å². The average molecular weight is 278 g/mol. The molecule has 3 fully saturated rings. The van der Waals surface area contributed by atoms with Crippen molar-refractivity contribution in [2.45, 2.75) is 82.7 Å². The van der Waals surface area contributed by atoms with Gasteiger partial charge in [-0.3, -0.25) is 4.79 Å². The topological polar surface area (TPSA) is 32.3 Å². The van der Waals surface area contributed by atoms with Gasteiger partial charge in [0.1, 0.15) is 0 Å². The molecule has 3 rings (SSSR count). The van der Waals surface area contributed by atoms with Gasteiger partial charge in [-0.25, -0.2) is 0 Å². The number of likely N-dealkylation sites (tertiary alicyclic amines) is 1. The summed E-state index contributed by atoms with van der Waals surface area (Å²) in [7, 11) is 0.